The fourth-order valence-electron chi connectivity index (χ4n) is 1.22. The van der Waals surface area contributed by atoms with Crippen LogP contribution in [0.1, 0.15) is 0 Å². The van der Waals surface area contributed by atoms with Crippen molar-refractivity contribution in [1.82, 2.24) is 0 Å². The smallest absolute Gasteiger partial charge is 0.423 e. The van der Waals surface area contributed by atoms with Gasteiger partial charge in [-0.2, -0.15) is 0 Å². The zero-order valence-electron chi connectivity index (χ0n) is 6.57. The zero-order chi connectivity index (χ0) is 9.42. The molecular formula is C8H6BClO2S. The van der Waals surface area contributed by atoms with Gasteiger partial charge < -0.3 is 10.0 Å². The van der Waals surface area contributed by atoms with Crippen molar-refractivity contribution in [2.24, 2.45) is 0 Å². The molecular weight excluding hydrogens is 206 g/mol. The highest BCUT2D eigenvalue weighted by Crippen LogP contribution is 2.22. The number of hydrogen-bond donors (Lipinski definition) is 2. The summed E-state index contributed by atoms with van der Waals surface area (Å²) in [5, 5.41) is 21.3. The molecule has 0 radical (unpaired) electrons. The maximum atomic E-state index is 9.01. The largest absolute Gasteiger partial charge is 0.489 e. The van der Waals surface area contributed by atoms with E-state index in [0.717, 1.165) is 10.1 Å². The summed E-state index contributed by atoms with van der Waals surface area (Å²) in [5.74, 6) is 0. The SMILES string of the molecule is OB(O)c1csc2cc(Cl)ccc12. The molecule has 2 rings (SSSR count). The van der Waals surface area contributed by atoms with Crippen LogP contribution in [-0.2, 0) is 0 Å². The van der Waals surface area contributed by atoms with Crippen molar-refractivity contribution in [1.29, 1.82) is 0 Å². The average molecular weight is 212 g/mol. The van der Waals surface area contributed by atoms with Crippen molar-refractivity contribution >= 4 is 45.6 Å². The average Bonchev–Trinajstić information content (AvgIpc) is 2.46. The molecule has 2 N–H and O–H groups in total. The fraction of sp³-hybridized carbons (Fsp3) is 0. The molecule has 0 spiro atoms. The first kappa shape index (κ1) is 9.03. The third kappa shape index (κ3) is 1.58. The number of benzene rings is 1. The Kier molecular flexibility index (Phi) is 2.30. The van der Waals surface area contributed by atoms with Gasteiger partial charge in [-0.25, -0.2) is 0 Å². The maximum absolute atomic E-state index is 9.01. The van der Waals surface area contributed by atoms with Gasteiger partial charge in [-0.05, 0) is 22.9 Å². The molecule has 2 nitrogen and oxygen atoms in total. The second-order valence-corrected chi connectivity index (χ2v) is 4.05. The summed E-state index contributed by atoms with van der Waals surface area (Å²) >= 11 is 7.24. The minimum Gasteiger partial charge on any atom is -0.423 e. The summed E-state index contributed by atoms with van der Waals surface area (Å²) in [5.41, 5.74) is 0.539. The molecule has 2 aromatic rings. The quantitative estimate of drug-likeness (QED) is 0.698. The number of thiophene rings is 1. The van der Waals surface area contributed by atoms with Crippen molar-refractivity contribution in [2.75, 3.05) is 0 Å². The van der Waals surface area contributed by atoms with Gasteiger partial charge in [0.15, 0.2) is 0 Å². The van der Waals surface area contributed by atoms with E-state index >= 15 is 0 Å². The normalized spacial score (nSPS) is 10.7. The second kappa shape index (κ2) is 3.31. The lowest BCUT2D eigenvalue weighted by atomic mass is 9.80. The highest BCUT2D eigenvalue weighted by atomic mass is 35.5. The standard InChI is InChI=1S/C8H6BClO2S/c10-5-1-2-6-7(9(11)12)4-13-8(6)3-5/h1-4,11-12H. The molecule has 5 heteroatoms. The Morgan fingerprint density at radius 3 is 2.77 bits per heavy atom. The van der Waals surface area contributed by atoms with E-state index in [9.17, 15) is 0 Å². The lowest BCUT2D eigenvalue weighted by Gasteiger charge is -1.96. The van der Waals surface area contributed by atoms with Crippen LogP contribution in [0.15, 0.2) is 23.6 Å². The lowest BCUT2D eigenvalue weighted by Crippen LogP contribution is -2.28. The maximum Gasteiger partial charge on any atom is 0.489 e. The van der Waals surface area contributed by atoms with Gasteiger partial charge >= 0.3 is 7.12 Å². The molecule has 0 fully saturated rings. The van der Waals surface area contributed by atoms with Crippen molar-refractivity contribution in [2.45, 2.75) is 0 Å². The number of hydrogen-bond acceptors (Lipinski definition) is 3. The van der Waals surface area contributed by atoms with E-state index in [1.807, 2.05) is 6.07 Å². The summed E-state index contributed by atoms with van der Waals surface area (Å²) in [6, 6.07) is 5.35. The van der Waals surface area contributed by atoms with Crippen molar-refractivity contribution in [3.63, 3.8) is 0 Å². The molecule has 0 saturated carbocycles. The predicted molar refractivity (Wildman–Crippen MR) is 56.7 cm³/mol. The molecule has 66 valence electrons. The molecule has 0 aliphatic rings. The molecule has 1 aromatic carbocycles. The van der Waals surface area contributed by atoms with Crippen LogP contribution in [0.5, 0.6) is 0 Å². The van der Waals surface area contributed by atoms with E-state index in [1.54, 1.807) is 17.5 Å². The monoisotopic (exact) mass is 212 g/mol. The van der Waals surface area contributed by atoms with Crippen molar-refractivity contribution in [3.8, 4) is 0 Å². The van der Waals surface area contributed by atoms with Crippen LogP contribution in [0.2, 0.25) is 5.02 Å². The highest BCUT2D eigenvalue weighted by molar-refractivity contribution is 7.18. The number of rotatable bonds is 1. The van der Waals surface area contributed by atoms with Gasteiger partial charge in [0.2, 0.25) is 0 Å². The van der Waals surface area contributed by atoms with Crippen LogP contribution in [0.25, 0.3) is 10.1 Å². The predicted octanol–water partition coefficient (Wildman–Crippen LogP) is 1.23. The molecule has 0 aliphatic heterocycles. The molecule has 1 heterocycles. The Balaban J connectivity index is 2.69. The van der Waals surface area contributed by atoms with Gasteiger partial charge in [-0.1, -0.05) is 17.7 Å². The first-order chi connectivity index (χ1) is 6.18. The van der Waals surface area contributed by atoms with Crippen LogP contribution in [0.4, 0.5) is 0 Å². The van der Waals surface area contributed by atoms with E-state index in [4.69, 9.17) is 21.6 Å². The summed E-state index contributed by atoms with van der Waals surface area (Å²) in [6.45, 7) is 0. The summed E-state index contributed by atoms with van der Waals surface area (Å²) in [7, 11) is -1.41. The second-order valence-electron chi connectivity index (χ2n) is 2.71. The summed E-state index contributed by atoms with van der Waals surface area (Å²) in [4.78, 5) is 0. The summed E-state index contributed by atoms with van der Waals surface area (Å²) in [6.07, 6.45) is 0. The molecule has 1 aromatic heterocycles. The highest BCUT2D eigenvalue weighted by Gasteiger charge is 2.15. The van der Waals surface area contributed by atoms with Crippen molar-refractivity contribution < 1.29 is 10.0 Å². The summed E-state index contributed by atoms with van der Waals surface area (Å²) < 4.78 is 0.968. The fourth-order valence-corrected chi connectivity index (χ4v) is 2.47. The van der Waals surface area contributed by atoms with E-state index in [2.05, 4.69) is 0 Å². The number of fused-ring (bicyclic) bond motifs is 1. The molecule has 0 aliphatic carbocycles. The molecule has 0 saturated heterocycles. The topological polar surface area (TPSA) is 40.5 Å². The van der Waals surface area contributed by atoms with E-state index in [-0.39, 0.29) is 0 Å². The van der Waals surface area contributed by atoms with Crippen LogP contribution in [0, 0.1) is 0 Å². The van der Waals surface area contributed by atoms with E-state index in [0.29, 0.717) is 10.5 Å². The zero-order valence-corrected chi connectivity index (χ0v) is 8.14. The molecule has 0 unspecified atom stereocenters. The minimum atomic E-state index is -1.41. The Hall–Kier alpha value is -0.545. The Morgan fingerprint density at radius 2 is 2.08 bits per heavy atom. The van der Waals surface area contributed by atoms with Crippen LogP contribution in [0.3, 0.4) is 0 Å². The van der Waals surface area contributed by atoms with E-state index < -0.39 is 7.12 Å². The van der Waals surface area contributed by atoms with Crippen LogP contribution in [-0.4, -0.2) is 17.2 Å². The van der Waals surface area contributed by atoms with Gasteiger partial charge in [0.05, 0.1) is 0 Å². The first-order valence-electron chi connectivity index (χ1n) is 3.71. The van der Waals surface area contributed by atoms with Gasteiger partial charge in [0, 0.05) is 15.2 Å². The van der Waals surface area contributed by atoms with Gasteiger partial charge in [0.25, 0.3) is 0 Å². The third-order valence-electron chi connectivity index (χ3n) is 1.85. The van der Waals surface area contributed by atoms with Gasteiger partial charge in [0.1, 0.15) is 0 Å². The third-order valence-corrected chi connectivity index (χ3v) is 3.04. The number of halogens is 1. The van der Waals surface area contributed by atoms with Gasteiger partial charge in [-0.15, -0.1) is 11.3 Å². The van der Waals surface area contributed by atoms with Crippen LogP contribution >= 0.6 is 22.9 Å². The van der Waals surface area contributed by atoms with Crippen molar-refractivity contribution in [3.05, 3.63) is 28.6 Å². The lowest BCUT2D eigenvalue weighted by molar-refractivity contribution is 0.426. The molecule has 0 amide bonds. The van der Waals surface area contributed by atoms with Crippen LogP contribution < -0.4 is 5.46 Å². The van der Waals surface area contributed by atoms with Gasteiger partial charge in [-0.3, -0.25) is 0 Å². The Labute approximate surface area is 84.5 Å². The Morgan fingerprint density at radius 1 is 1.31 bits per heavy atom. The Bertz CT molecular complexity index is 441. The first-order valence-corrected chi connectivity index (χ1v) is 4.97. The minimum absolute atomic E-state index is 0.539. The van der Waals surface area contributed by atoms with E-state index in [1.165, 1.54) is 11.3 Å². The molecule has 0 bridgehead atoms. The molecule has 13 heavy (non-hydrogen) atoms. The molecule has 0 atom stereocenters.